The zero-order valence-electron chi connectivity index (χ0n) is 23.8. The number of para-hydroxylation sites is 1. The van der Waals surface area contributed by atoms with Gasteiger partial charge in [-0.25, -0.2) is 8.42 Å². The number of rotatable bonds is 11. The van der Waals surface area contributed by atoms with Crippen molar-refractivity contribution < 1.29 is 18.0 Å². The minimum atomic E-state index is -4.15. The third-order valence-electron chi connectivity index (χ3n) is 7.03. The lowest BCUT2D eigenvalue weighted by molar-refractivity contribution is -0.139. The van der Waals surface area contributed by atoms with Crippen LogP contribution in [0.1, 0.15) is 22.3 Å². The van der Waals surface area contributed by atoms with Crippen molar-refractivity contribution in [2.75, 3.05) is 17.9 Å². The highest BCUT2D eigenvalue weighted by Crippen LogP contribution is 2.28. The summed E-state index contributed by atoms with van der Waals surface area (Å²) < 4.78 is 29.3. The fourth-order valence-electron chi connectivity index (χ4n) is 4.75. The first-order valence-corrected chi connectivity index (χ1v) is 15.4. The quantitative estimate of drug-likeness (QED) is 0.244. The zero-order chi connectivity index (χ0) is 30.3. The largest absolute Gasteiger partial charge is 0.357 e. The minimum Gasteiger partial charge on any atom is -0.357 e. The molecule has 9 heteroatoms. The van der Waals surface area contributed by atoms with Crippen LogP contribution in [0.4, 0.5) is 5.69 Å². The van der Waals surface area contributed by atoms with E-state index in [2.05, 4.69) is 5.32 Å². The molecule has 0 fully saturated rings. The van der Waals surface area contributed by atoms with Crippen molar-refractivity contribution in [1.29, 1.82) is 0 Å². The van der Waals surface area contributed by atoms with Crippen LogP contribution in [0, 0.1) is 13.8 Å². The number of anilines is 1. The van der Waals surface area contributed by atoms with E-state index in [1.54, 1.807) is 55.5 Å². The normalized spacial score (nSPS) is 11.9. The third kappa shape index (κ3) is 7.38. The molecule has 4 rings (SSSR count). The summed E-state index contributed by atoms with van der Waals surface area (Å²) in [5, 5.41) is 3.17. The topological polar surface area (TPSA) is 86.8 Å². The van der Waals surface area contributed by atoms with Gasteiger partial charge in [-0.3, -0.25) is 13.9 Å². The van der Waals surface area contributed by atoms with Gasteiger partial charge < -0.3 is 10.2 Å². The van der Waals surface area contributed by atoms with Gasteiger partial charge in [0, 0.05) is 25.0 Å². The van der Waals surface area contributed by atoms with Crippen LogP contribution in [-0.2, 0) is 32.6 Å². The lowest BCUT2D eigenvalue weighted by Crippen LogP contribution is -2.53. The number of sulfonamides is 1. The molecule has 0 aliphatic heterocycles. The Kier molecular flexibility index (Phi) is 10.0. The summed E-state index contributed by atoms with van der Waals surface area (Å²) in [6.07, 6.45) is 0.238. The molecule has 1 N–H and O–H groups in total. The van der Waals surface area contributed by atoms with Crippen LogP contribution in [0.5, 0.6) is 0 Å². The first kappa shape index (κ1) is 30.8. The SMILES string of the molecule is CNC(=O)C(Cc1ccccc1)N(Cc1cccc(Cl)c1)C(=O)CN(c1ccccc1C)S(=O)(=O)c1ccc(C)cc1. The number of likely N-dealkylation sites (N-methyl/N-ethyl adjacent to an activating group) is 1. The number of aryl methyl sites for hydroxylation is 2. The molecule has 4 aromatic rings. The first-order valence-electron chi connectivity index (χ1n) is 13.5. The first-order chi connectivity index (χ1) is 20.1. The maximum atomic E-state index is 14.3. The van der Waals surface area contributed by atoms with Crippen LogP contribution in [0.15, 0.2) is 108 Å². The second-order valence-corrected chi connectivity index (χ2v) is 12.4. The molecule has 7 nitrogen and oxygen atoms in total. The highest BCUT2D eigenvalue weighted by molar-refractivity contribution is 7.92. The van der Waals surface area contributed by atoms with E-state index in [0.717, 1.165) is 15.4 Å². The fourth-order valence-corrected chi connectivity index (χ4v) is 6.44. The molecule has 4 aromatic carbocycles. The minimum absolute atomic E-state index is 0.0521. The Hall–Kier alpha value is -4.14. The Balaban J connectivity index is 1.80. The molecular weight excluding hydrogens is 570 g/mol. The van der Waals surface area contributed by atoms with Gasteiger partial charge in [-0.15, -0.1) is 0 Å². The predicted octanol–water partition coefficient (Wildman–Crippen LogP) is 5.54. The summed E-state index contributed by atoms with van der Waals surface area (Å²) in [6, 6.07) is 29.0. The number of nitrogens with zero attached hydrogens (tertiary/aromatic N) is 2. The van der Waals surface area contributed by atoms with Crippen LogP contribution in [0.3, 0.4) is 0 Å². The zero-order valence-corrected chi connectivity index (χ0v) is 25.4. The van der Waals surface area contributed by atoms with Crippen LogP contribution in [0.25, 0.3) is 0 Å². The molecule has 218 valence electrons. The Labute approximate surface area is 252 Å². The van der Waals surface area contributed by atoms with E-state index in [0.29, 0.717) is 21.8 Å². The van der Waals surface area contributed by atoms with Crippen molar-refractivity contribution in [3.8, 4) is 0 Å². The second kappa shape index (κ2) is 13.7. The Bertz CT molecular complexity index is 1640. The van der Waals surface area contributed by atoms with Crippen LogP contribution in [-0.4, -0.2) is 44.8 Å². The van der Waals surface area contributed by atoms with Crippen molar-refractivity contribution in [1.82, 2.24) is 10.2 Å². The molecule has 2 amide bonds. The molecule has 42 heavy (non-hydrogen) atoms. The van der Waals surface area contributed by atoms with Crippen LogP contribution < -0.4 is 9.62 Å². The maximum Gasteiger partial charge on any atom is 0.264 e. The van der Waals surface area contributed by atoms with Gasteiger partial charge in [0.2, 0.25) is 11.8 Å². The predicted molar refractivity (Wildman–Crippen MR) is 167 cm³/mol. The highest BCUT2D eigenvalue weighted by atomic mass is 35.5. The van der Waals surface area contributed by atoms with Crippen molar-refractivity contribution >= 4 is 39.1 Å². The molecule has 0 bridgehead atoms. The molecular formula is C33H34ClN3O4S. The van der Waals surface area contributed by atoms with Gasteiger partial charge in [0.05, 0.1) is 10.6 Å². The number of hydrogen-bond donors (Lipinski definition) is 1. The molecule has 0 aliphatic rings. The molecule has 0 radical (unpaired) electrons. The summed E-state index contributed by atoms with van der Waals surface area (Å²) in [6.45, 7) is 3.21. The van der Waals surface area contributed by atoms with E-state index in [-0.39, 0.29) is 23.8 Å². The molecule has 0 spiro atoms. The fraction of sp³-hybridized carbons (Fsp3) is 0.212. The number of benzene rings is 4. The van der Waals surface area contributed by atoms with Gasteiger partial charge in [-0.2, -0.15) is 0 Å². The van der Waals surface area contributed by atoms with Gasteiger partial charge >= 0.3 is 0 Å². The molecule has 0 saturated heterocycles. The van der Waals surface area contributed by atoms with Crippen molar-refractivity contribution in [2.24, 2.45) is 0 Å². The maximum absolute atomic E-state index is 14.3. The lowest BCUT2D eigenvalue weighted by Gasteiger charge is -2.34. The lowest BCUT2D eigenvalue weighted by atomic mass is 10.0. The van der Waals surface area contributed by atoms with E-state index in [1.807, 2.05) is 49.4 Å². The number of halogens is 1. The Morgan fingerprint density at radius 3 is 2.12 bits per heavy atom. The number of carbonyl (C=O) groups excluding carboxylic acids is 2. The summed E-state index contributed by atoms with van der Waals surface area (Å²) in [7, 11) is -2.63. The van der Waals surface area contributed by atoms with Gasteiger partial charge in [0.25, 0.3) is 10.0 Å². The Morgan fingerprint density at radius 2 is 1.48 bits per heavy atom. The van der Waals surface area contributed by atoms with E-state index >= 15 is 0 Å². The van der Waals surface area contributed by atoms with Gasteiger partial charge in [0.15, 0.2) is 0 Å². The average Bonchev–Trinajstić information content (AvgIpc) is 2.98. The van der Waals surface area contributed by atoms with Gasteiger partial charge in [-0.1, -0.05) is 90.0 Å². The van der Waals surface area contributed by atoms with Gasteiger partial charge in [-0.05, 0) is 60.9 Å². The van der Waals surface area contributed by atoms with E-state index in [9.17, 15) is 18.0 Å². The van der Waals surface area contributed by atoms with Crippen LogP contribution in [0.2, 0.25) is 5.02 Å². The number of hydrogen-bond acceptors (Lipinski definition) is 4. The van der Waals surface area contributed by atoms with Crippen molar-refractivity contribution in [2.45, 2.75) is 37.8 Å². The van der Waals surface area contributed by atoms with E-state index in [4.69, 9.17) is 11.6 Å². The monoisotopic (exact) mass is 603 g/mol. The summed E-state index contributed by atoms with van der Waals surface area (Å²) in [5.74, 6) is -0.892. The highest BCUT2D eigenvalue weighted by Gasteiger charge is 2.34. The molecule has 1 unspecified atom stereocenters. The molecule has 0 saturated carbocycles. The summed E-state index contributed by atoms with van der Waals surface area (Å²) in [5.41, 5.74) is 3.55. The Morgan fingerprint density at radius 1 is 0.833 bits per heavy atom. The molecule has 0 heterocycles. The van der Waals surface area contributed by atoms with E-state index in [1.165, 1.54) is 24.1 Å². The van der Waals surface area contributed by atoms with Gasteiger partial charge in [0.1, 0.15) is 12.6 Å². The number of carbonyl (C=O) groups is 2. The summed E-state index contributed by atoms with van der Waals surface area (Å²) in [4.78, 5) is 29.1. The van der Waals surface area contributed by atoms with Crippen LogP contribution >= 0.6 is 11.6 Å². The number of nitrogens with one attached hydrogen (secondary N) is 1. The second-order valence-electron chi connectivity index (χ2n) is 10.1. The smallest absolute Gasteiger partial charge is 0.264 e. The average molecular weight is 604 g/mol. The van der Waals surface area contributed by atoms with Crippen molar-refractivity contribution in [3.63, 3.8) is 0 Å². The van der Waals surface area contributed by atoms with Crippen molar-refractivity contribution in [3.05, 3.63) is 130 Å². The standard InChI is InChI=1S/C33H34ClN3O4S/c1-24-16-18-29(19-17-24)42(40,41)37(30-15-8-7-10-25(30)2)23-32(38)36(22-27-13-9-14-28(34)20-27)31(33(39)35-3)21-26-11-5-4-6-12-26/h4-20,31H,21-23H2,1-3H3,(H,35,39). The molecule has 1 atom stereocenters. The molecule has 0 aromatic heterocycles. The number of amides is 2. The third-order valence-corrected chi connectivity index (χ3v) is 9.04. The molecule has 0 aliphatic carbocycles. The van der Waals surface area contributed by atoms with E-state index < -0.39 is 28.5 Å². The summed E-state index contributed by atoms with van der Waals surface area (Å²) >= 11 is 6.26.